The summed E-state index contributed by atoms with van der Waals surface area (Å²) in [6.07, 6.45) is 0.704. The summed E-state index contributed by atoms with van der Waals surface area (Å²) >= 11 is 1.46. The van der Waals surface area contributed by atoms with Crippen molar-refractivity contribution >= 4 is 23.6 Å². The molecule has 5 heteroatoms. The van der Waals surface area contributed by atoms with Gasteiger partial charge in [0.05, 0.1) is 5.25 Å². The number of aryl methyl sites for hydroxylation is 2. The van der Waals surface area contributed by atoms with Gasteiger partial charge in [0.15, 0.2) is 0 Å². The zero-order chi connectivity index (χ0) is 16.9. The number of hydrogen-bond donors (Lipinski definition) is 2. The number of carbonyl (C=O) groups excluding carboxylic acids is 1. The Morgan fingerprint density at radius 2 is 1.91 bits per heavy atom. The molecule has 0 aromatic heterocycles. The number of carboxylic acid groups (broad SMARTS) is 1. The van der Waals surface area contributed by atoms with Crippen molar-refractivity contribution in [2.45, 2.75) is 57.2 Å². The summed E-state index contributed by atoms with van der Waals surface area (Å²) in [5, 5.41) is 11.6. The van der Waals surface area contributed by atoms with Gasteiger partial charge in [0.25, 0.3) is 0 Å². The number of carboxylic acids is 1. The molecule has 3 unspecified atom stereocenters. The molecule has 3 atom stereocenters. The molecule has 0 aliphatic heterocycles. The summed E-state index contributed by atoms with van der Waals surface area (Å²) in [4.78, 5) is 24.6. The van der Waals surface area contributed by atoms with Crippen LogP contribution in [-0.2, 0) is 9.59 Å². The maximum atomic E-state index is 12.3. The van der Waals surface area contributed by atoms with E-state index in [0.717, 1.165) is 16.0 Å². The van der Waals surface area contributed by atoms with Gasteiger partial charge in [0, 0.05) is 4.90 Å². The topological polar surface area (TPSA) is 66.4 Å². The number of aliphatic carboxylic acids is 1. The third-order valence-corrected chi connectivity index (χ3v) is 5.05. The highest BCUT2D eigenvalue weighted by molar-refractivity contribution is 8.00. The summed E-state index contributed by atoms with van der Waals surface area (Å²) in [5.41, 5.74) is 2.26. The maximum absolute atomic E-state index is 12.3. The molecule has 122 valence electrons. The van der Waals surface area contributed by atoms with Gasteiger partial charge in [-0.25, -0.2) is 4.79 Å². The van der Waals surface area contributed by atoms with E-state index in [0.29, 0.717) is 6.42 Å². The minimum Gasteiger partial charge on any atom is -0.480 e. The molecular weight excluding hydrogens is 298 g/mol. The molecule has 0 fully saturated rings. The molecule has 1 aromatic carbocycles. The minimum absolute atomic E-state index is 0.0978. The van der Waals surface area contributed by atoms with E-state index in [-0.39, 0.29) is 17.1 Å². The van der Waals surface area contributed by atoms with Crippen molar-refractivity contribution in [3.05, 3.63) is 29.3 Å². The quantitative estimate of drug-likeness (QED) is 0.755. The molecule has 0 bridgehead atoms. The van der Waals surface area contributed by atoms with Crippen LogP contribution in [0.1, 0.15) is 38.3 Å². The average Bonchev–Trinajstić information content (AvgIpc) is 2.47. The molecule has 0 aliphatic rings. The largest absolute Gasteiger partial charge is 0.480 e. The second-order valence-electron chi connectivity index (χ2n) is 5.74. The number of thioether (sulfide) groups is 1. The molecule has 0 saturated heterocycles. The summed E-state index contributed by atoms with van der Waals surface area (Å²) in [7, 11) is 0. The van der Waals surface area contributed by atoms with E-state index in [2.05, 4.69) is 5.32 Å². The van der Waals surface area contributed by atoms with Gasteiger partial charge in [0.1, 0.15) is 6.04 Å². The number of hydrogen-bond acceptors (Lipinski definition) is 3. The second-order valence-corrected chi connectivity index (χ2v) is 7.12. The van der Waals surface area contributed by atoms with Crippen molar-refractivity contribution in [3.63, 3.8) is 0 Å². The van der Waals surface area contributed by atoms with Gasteiger partial charge in [-0.3, -0.25) is 4.79 Å². The van der Waals surface area contributed by atoms with Crippen LogP contribution in [0.2, 0.25) is 0 Å². The Balaban J connectivity index is 2.76. The Morgan fingerprint density at radius 3 is 2.45 bits per heavy atom. The van der Waals surface area contributed by atoms with E-state index in [9.17, 15) is 14.7 Å². The number of carbonyl (C=O) groups is 2. The fourth-order valence-corrected chi connectivity index (χ4v) is 3.10. The minimum atomic E-state index is -0.980. The van der Waals surface area contributed by atoms with Gasteiger partial charge in [-0.05, 0) is 38.3 Å². The van der Waals surface area contributed by atoms with Crippen molar-refractivity contribution in [3.8, 4) is 0 Å². The van der Waals surface area contributed by atoms with Crippen LogP contribution in [0.25, 0.3) is 0 Å². The van der Waals surface area contributed by atoms with Crippen LogP contribution in [0, 0.1) is 19.8 Å². The van der Waals surface area contributed by atoms with E-state index < -0.39 is 12.0 Å². The maximum Gasteiger partial charge on any atom is 0.326 e. The lowest BCUT2D eigenvalue weighted by atomic mass is 9.99. The highest BCUT2D eigenvalue weighted by atomic mass is 32.2. The van der Waals surface area contributed by atoms with Crippen LogP contribution in [0.5, 0.6) is 0 Å². The highest BCUT2D eigenvalue weighted by Gasteiger charge is 2.27. The van der Waals surface area contributed by atoms with E-state index >= 15 is 0 Å². The smallest absolute Gasteiger partial charge is 0.326 e. The van der Waals surface area contributed by atoms with Gasteiger partial charge in [0.2, 0.25) is 5.91 Å². The predicted molar refractivity (Wildman–Crippen MR) is 90.3 cm³/mol. The lowest BCUT2D eigenvalue weighted by Crippen LogP contribution is -2.47. The molecule has 0 radical (unpaired) electrons. The summed E-state index contributed by atoms with van der Waals surface area (Å²) in [5.74, 6) is -1.32. The second kappa shape index (κ2) is 8.22. The van der Waals surface area contributed by atoms with Gasteiger partial charge >= 0.3 is 5.97 Å². The fraction of sp³-hybridized carbons (Fsp3) is 0.529. The lowest BCUT2D eigenvalue weighted by molar-refractivity contribution is -0.143. The van der Waals surface area contributed by atoms with Crippen LogP contribution >= 0.6 is 11.8 Å². The standard InChI is InChI=1S/C17H25NO3S/c1-6-11(3)15(17(20)21)18-16(19)13(5)22-14-9-10(2)7-8-12(14)4/h7-9,11,13,15H,6H2,1-5H3,(H,18,19)(H,20,21). The number of amides is 1. The first-order valence-corrected chi connectivity index (χ1v) is 8.41. The van der Waals surface area contributed by atoms with Crippen molar-refractivity contribution in [2.24, 2.45) is 5.92 Å². The van der Waals surface area contributed by atoms with Crippen LogP contribution in [0.15, 0.2) is 23.1 Å². The van der Waals surface area contributed by atoms with E-state index in [1.54, 1.807) is 6.92 Å². The van der Waals surface area contributed by atoms with Crippen molar-refractivity contribution in [1.82, 2.24) is 5.32 Å². The monoisotopic (exact) mass is 323 g/mol. The molecule has 0 heterocycles. The van der Waals surface area contributed by atoms with E-state index in [1.807, 2.05) is 45.9 Å². The summed E-state index contributed by atoms with van der Waals surface area (Å²) < 4.78 is 0. The third kappa shape index (κ3) is 5.05. The van der Waals surface area contributed by atoms with Crippen molar-refractivity contribution < 1.29 is 14.7 Å². The molecule has 0 saturated carbocycles. The normalized spacial score (nSPS) is 15.0. The first-order chi connectivity index (χ1) is 10.3. The van der Waals surface area contributed by atoms with Gasteiger partial charge in [-0.1, -0.05) is 38.0 Å². The van der Waals surface area contributed by atoms with Gasteiger partial charge in [-0.2, -0.15) is 0 Å². The molecular formula is C17H25NO3S. The van der Waals surface area contributed by atoms with E-state index in [1.165, 1.54) is 11.8 Å². The average molecular weight is 323 g/mol. The molecule has 0 aliphatic carbocycles. The molecule has 1 rings (SSSR count). The number of benzene rings is 1. The molecule has 0 spiro atoms. The molecule has 1 amide bonds. The van der Waals surface area contributed by atoms with Crippen LogP contribution in [-0.4, -0.2) is 28.3 Å². The molecule has 2 N–H and O–H groups in total. The zero-order valence-electron chi connectivity index (χ0n) is 13.8. The summed E-state index contributed by atoms with van der Waals surface area (Å²) in [6.45, 7) is 9.57. The molecule has 1 aromatic rings. The Kier molecular flexibility index (Phi) is 6.94. The Hall–Kier alpha value is -1.49. The third-order valence-electron chi connectivity index (χ3n) is 3.79. The molecule has 4 nitrogen and oxygen atoms in total. The molecule has 22 heavy (non-hydrogen) atoms. The highest BCUT2D eigenvalue weighted by Crippen LogP contribution is 2.27. The summed E-state index contributed by atoms with van der Waals surface area (Å²) in [6, 6.07) is 5.28. The Labute approximate surface area is 136 Å². The van der Waals surface area contributed by atoms with Crippen molar-refractivity contribution in [2.75, 3.05) is 0 Å². The SMILES string of the molecule is CCC(C)C(NC(=O)C(C)Sc1cc(C)ccc1C)C(=O)O. The van der Waals surface area contributed by atoms with Crippen LogP contribution in [0.3, 0.4) is 0 Å². The Bertz CT molecular complexity index is 545. The van der Waals surface area contributed by atoms with Gasteiger partial charge < -0.3 is 10.4 Å². The fourth-order valence-electron chi connectivity index (χ4n) is 2.03. The zero-order valence-corrected chi connectivity index (χ0v) is 14.7. The van der Waals surface area contributed by atoms with Crippen LogP contribution < -0.4 is 5.32 Å². The van der Waals surface area contributed by atoms with E-state index in [4.69, 9.17) is 0 Å². The first kappa shape index (κ1) is 18.6. The predicted octanol–water partition coefficient (Wildman–Crippen LogP) is 3.40. The lowest BCUT2D eigenvalue weighted by Gasteiger charge is -2.22. The first-order valence-electron chi connectivity index (χ1n) is 7.53. The number of nitrogens with one attached hydrogen (secondary N) is 1. The van der Waals surface area contributed by atoms with Crippen molar-refractivity contribution in [1.29, 1.82) is 0 Å². The van der Waals surface area contributed by atoms with Gasteiger partial charge in [-0.15, -0.1) is 11.8 Å². The van der Waals surface area contributed by atoms with Crippen LogP contribution in [0.4, 0.5) is 0 Å². The Morgan fingerprint density at radius 1 is 1.27 bits per heavy atom. The number of rotatable bonds is 7.